The minimum atomic E-state index is -0.607. The molecule has 0 aliphatic rings. The lowest BCUT2D eigenvalue weighted by molar-refractivity contribution is -0.143. The van der Waals surface area contributed by atoms with Crippen molar-refractivity contribution >= 4 is 17.7 Å². The summed E-state index contributed by atoms with van der Waals surface area (Å²) in [6.07, 6.45) is 1.74. The lowest BCUT2D eigenvalue weighted by atomic mass is 10.5. The molecule has 0 fully saturated rings. The Bertz CT molecular complexity index is 460. The molecule has 0 amide bonds. The SMILES string of the molecule is CCOC(=O)Cn1c(=O)cc(SC)[nH]c1=O. The first-order valence-corrected chi connectivity index (χ1v) is 5.84. The van der Waals surface area contributed by atoms with Crippen molar-refractivity contribution < 1.29 is 9.53 Å². The number of nitrogens with one attached hydrogen (secondary N) is 1. The fourth-order valence-electron chi connectivity index (χ4n) is 1.09. The van der Waals surface area contributed by atoms with E-state index in [1.807, 2.05) is 0 Å². The Hall–Kier alpha value is -1.50. The summed E-state index contributed by atoms with van der Waals surface area (Å²) < 4.78 is 5.46. The van der Waals surface area contributed by atoms with Crippen LogP contribution in [0.15, 0.2) is 20.7 Å². The fraction of sp³-hybridized carbons (Fsp3) is 0.444. The summed E-state index contributed by atoms with van der Waals surface area (Å²) in [7, 11) is 0. The number of hydrogen-bond acceptors (Lipinski definition) is 5. The molecule has 0 bridgehead atoms. The molecule has 1 aromatic heterocycles. The van der Waals surface area contributed by atoms with Crippen LogP contribution in [0.3, 0.4) is 0 Å². The van der Waals surface area contributed by atoms with Crippen LogP contribution in [0.2, 0.25) is 0 Å². The standard InChI is InChI=1S/C9H12N2O4S/c1-3-15-8(13)5-11-7(12)4-6(16-2)10-9(11)14/h4H,3,5H2,1-2H3,(H,10,14). The number of thioether (sulfide) groups is 1. The zero-order valence-corrected chi connectivity index (χ0v) is 9.80. The van der Waals surface area contributed by atoms with E-state index in [1.165, 1.54) is 17.8 Å². The molecule has 1 heterocycles. The normalized spacial score (nSPS) is 10.1. The molecule has 7 heteroatoms. The second-order valence-corrected chi connectivity index (χ2v) is 3.72. The molecule has 1 aromatic rings. The van der Waals surface area contributed by atoms with Crippen molar-refractivity contribution in [2.45, 2.75) is 18.5 Å². The Morgan fingerprint density at radius 1 is 1.56 bits per heavy atom. The van der Waals surface area contributed by atoms with Crippen molar-refractivity contribution in [1.29, 1.82) is 0 Å². The fourth-order valence-corrected chi connectivity index (χ4v) is 1.50. The number of nitrogens with zero attached hydrogens (tertiary/aromatic N) is 1. The lowest BCUT2D eigenvalue weighted by Crippen LogP contribution is -2.37. The summed E-state index contributed by atoms with van der Waals surface area (Å²) in [5, 5.41) is 0.468. The third kappa shape index (κ3) is 2.99. The average molecular weight is 244 g/mol. The highest BCUT2D eigenvalue weighted by molar-refractivity contribution is 7.98. The summed E-state index contributed by atoms with van der Waals surface area (Å²) in [5.74, 6) is -0.605. The molecule has 0 aliphatic carbocycles. The molecule has 0 atom stereocenters. The summed E-state index contributed by atoms with van der Waals surface area (Å²) in [5.41, 5.74) is -1.12. The van der Waals surface area contributed by atoms with E-state index in [-0.39, 0.29) is 13.2 Å². The Labute approximate surface area is 95.6 Å². The van der Waals surface area contributed by atoms with Crippen molar-refractivity contribution in [3.05, 3.63) is 26.9 Å². The van der Waals surface area contributed by atoms with E-state index in [9.17, 15) is 14.4 Å². The van der Waals surface area contributed by atoms with E-state index >= 15 is 0 Å². The molecule has 0 spiro atoms. The van der Waals surface area contributed by atoms with Gasteiger partial charge in [-0.15, -0.1) is 11.8 Å². The van der Waals surface area contributed by atoms with Crippen LogP contribution in [0.1, 0.15) is 6.92 Å². The topological polar surface area (TPSA) is 81.2 Å². The summed E-state index contributed by atoms with van der Waals surface area (Å²) >= 11 is 1.25. The van der Waals surface area contributed by atoms with Crippen LogP contribution >= 0.6 is 11.8 Å². The minimum absolute atomic E-state index is 0.217. The number of rotatable bonds is 4. The van der Waals surface area contributed by atoms with Crippen molar-refractivity contribution in [3.8, 4) is 0 Å². The number of aromatic amines is 1. The maximum absolute atomic E-state index is 11.5. The van der Waals surface area contributed by atoms with Gasteiger partial charge >= 0.3 is 11.7 Å². The molecule has 0 saturated heterocycles. The van der Waals surface area contributed by atoms with Gasteiger partial charge in [-0.05, 0) is 13.2 Å². The van der Waals surface area contributed by atoms with Gasteiger partial charge < -0.3 is 9.72 Å². The smallest absolute Gasteiger partial charge is 0.329 e. The molecular weight excluding hydrogens is 232 g/mol. The first kappa shape index (κ1) is 12.6. The van der Waals surface area contributed by atoms with Crippen LogP contribution in [0.5, 0.6) is 0 Å². The first-order valence-electron chi connectivity index (χ1n) is 4.62. The Balaban J connectivity index is 3.02. The number of aromatic nitrogens is 2. The van der Waals surface area contributed by atoms with Crippen LogP contribution < -0.4 is 11.2 Å². The van der Waals surface area contributed by atoms with Crippen LogP contribution in [-0.4, -0.2) is 28.4 Å². The van der Waals surface area contributed by atoms with Gasteiger partial charge in [0.05, 0.1) is 11.6 Å². The van der Waals surface area contributed by atoms with Gasteiger partial charge in [0.2, 0.25) is 0 Å². The second kappa shape index (κ2) is 5.55. The van der Waals surface area contributed by atoms with Gasteiger partial charge in [-0.25, -0.2) is 9.36 Å². The summed E-state index contributed by atoms with van der Waals surface area (Å²) in [4.78, 5) is 36.5. The number of ether oxygens (including phenoxy) is 1. The van der Waals surface area contributed by atoms with Gasteiger partial charge in [-0.3, -0.25) is 9.59 Å². The maximum atomic E-state index is 11.5. The summed E-state index contributed by atoms with van der Waals surface area (Å²) in [6.45, 7) is 1.51. The van der Waals surface area contributed by atoms with Crippen molar-refractivity contribution in [1.82, 2.24) is 9.55 Å². The first-order chi connectivity index (χ1) is 7.58. The Morgan fingerprint density at radius 2 is 2.25 bits per heavy atom. The molecule has 88 valence electrons. The second-order valence-electron chi connectivity index (χ2n) is 2.87. The highest BCUT2D eigenvalue weighted by atomic mass is 32.2. The van der Waals surface area contributed by atoms with Crippen molar-refractivity contribution in [2.24, 2.45) is 0 Å². The van der Waals surface area contributed by atoms with Gasteiger partial charge in [-0.1, -0.05) is 0 Å². The predicted octanol–water partition coefficient (Wildman–Crippen LogP) is -0.178. The predicted molar refractivity (Wildman–Crippen MR) is 59.7 cm³/mol. The number of carbonyl (C=O) groups excluding carboxylic acids is 1. The van der Waals surface area contributed by atoms with Gasteiger partial charge in [-0.2, -0.15) is 0 Å². The molecule has 1 N–H and O–H groups in total. The van der Waals surface area contributed by atoms with E-state index in [2.05, 4.69) is 9.72 Å². The van der Waals surface area contributed by atoms with Crippen LogP contribution in [-0.2, 0) is 16.1 Å². The van der Waals surface area contributed by atoms with E-state index in [4.69, 9.17) is 0 Å². The molecule has 16 heavy (non-hydrogen) atoms. The molecule has 0 radical (unpaired) electrons. The van der Waals surface area contributed by atoms with Gasteiger partial charge in [0.1, 0.15) is 6.54 Å². The van der Waals surface area contributed by atoms with E-state index < -0.39 is 17.2 Å². The van der Waals surface area contributed by atoms with Gasteiger partial charge in [0.25, 0.3) is 5.56 Å². The minimum Gasteiger partial charge on any atom is -0.465 e. The summed E-state index contributed by atoms with van der Waals surface area (Å²) in [6, 6.07) is 1.27. The zero-order valence-electron chi connectivity index (χ0n) is 8.98. The maximum Gasteiger partial charge on any atom is 0.329 e. The highest BCUT2D eigenvalue weighted by Crippen LogP contribution is 2.04. The van der Waals surface area contributed by atoms with Gasteiger partial charge in [0.15, 0.2) is 0 Å². The molecule has 0 unspecified atom stereocenters. The Morgan fingerprint density at radius 3 is 2.75 bits per heavy atom. The van der Waals surface area contributed by atoms with Crippen LogP contribution in [0, 0.1) is 0 Å². The number of esters is 1. The van der Waals surface area contributed by atoms with E-state index in [1.54, 1.807) is 13.2 Å². The molecule has 1 rings (SSSR count). The van der Waals surface area contributed by atoms with Crippen molar-refractivity contribution in [3.63, 3.8) is 0 Å². The Kier molecular flexibility index (Phi) is 4.36. The molecular formula is C9H12N2O4S. The van der Waals surface area contributed by atoms with Crippen molar-refractivity contribution in [2.75, 3.05) is 12.9 Å². The average Bonchev–Trinajstić information content (AvgIpc) is 2.23. The highest BCUT2D eigenvalue weighted by Gasteiger charge is 2.09. The number of H-pyrrole nitrogens is 1. The third-order valence-corrected chi connectivity index (χ3v) is 2.47. The molecule has 0 aliphatic heterocycles. The van der Waals surface area contributed by atoms with Crippen LogP contribution in [0.25, 0.3) is 0 Å². The van der Waals surface area contributed by atoms with E-state index in [0.717, 1.165) is 4.57 Å². The molecule has 0 saturated carbocycles. The quantitative estimate of drug-likeness (QED) is 0.451. The molecule has 6 nitrogen and oxygen atoms in total. The largest absolute Gasteiger partial charge is 0.465 e. The number of carbonyl (C=O) groups is 1. The van der Waals surface area contributed by atoms with Crippen LogP contribution in [0.4, 0.5) is 0 Å². The van der Waals surface area contributed by atoms with Gasteiger partial charge in [0, 0.05) is 6.07 Å². The monoisotopic (exact) mass is 244 g/mol. The zero-order chi connectivity index (χ0) is 12.1. The van der Waals surface area contributed by atoms with E-state index in [0.29, 0.717) is 5.03 Å². The third-order valence-electron chi connectivity index (χ3n) is 1.81. The molecule has 0 aromatic carbocycles. The lowest BCUT2D eigenvalue weighted by Gasteiger charge is -2.04. The number of hydrogen-bond donors (Lipinski definition) is 1.